The second-order valence-corrected chi connectivity index (χ2v) is 9.87. The minimum absolute atomic E-state index is 0.0699. The molecule has 3 aromatic rings. The van der Waals surface area contributed by atoms with E-state index in [0.717, 1.165) is 12.8 Å². The fraction of sp³-hybridized carbons (Fsp3) is 0.417. The van der Waals surface area contributed by atoms with Crippen LogP contribution in [0.3, 0.4) is 0 Å². The van der Waals surface area contributed by atoms with Gasteiger partial charge in [0.2, 0.25) is 10.0 Å². The van der Waals surface area contributed by atoms with Gasteiger partial charge in [0.15, 0.2) is 11.5 Å². The molecule has 182 valence electrons. The third-order valence-electron chi connectivity index (χ3n) is 5.57. The Balaban J connectivity index is 1.71. The lowest BCUT2D eigenvalue weighted by atomic mass is 10.2. The minimum Gasteiger partial charge on any atom is -0.490 e. The monoisotopic (exact) mass is 487 g/mol. The number of nitrogens with zero attached hydrogens (tertiary/aromatic N) is 2. The topological polar surface area (TPSA) is 111 Å². The number of H-pyrrole nitrogens is 1. The van der Waals surface area contributed by atoms with Gasteiger partial charge in [-0.15, -0.1) is 0 Å². The van der Waals surface area contributed by atoms with Gasteiger partial charge in [-0.05, 0) is 51.0 Å². The normalized spacial score (nSPS) is 16.3. The highest BCUT2D eigenvalue weighted by atomic mass is 32.2. The van der Waals surface area contributed by atoms with Crippen LogP contribution in [0.1, 0.15) is 32.5 Å². The van der Waals surface area contributed by atoms with E-state index in [9.17, 15) is 13.2 Å². The minimum atomic E-state index is -3.97. The van der Waals surface area contributed by atoms with Gasteiger partial charge in [0, 0.05) is 19.2 Å². The van der Waals surface area contributed by atoms with Gasteiger partial charge in [-0.1, -0.05) is 12.1 Å². The van der Waals surface area contributed by atoms with Crippen molar-refractivity contribution in [2.24, 2.45) is 0 Å². The molecular formula is C24H29N3O6S. The van der Waals surface area contributed by atoms with E-state index >= 15 is 0 Å². The molecule has 4 rings (SSSR count). The van der Waals surface area contributed by atoms with Gasteiger partial charge in [-0.25, -0.2) is 13.4 Å². The van der Waals surface area contributed by atoms with Crippen molar-refractivity contribution in [2.45, 2.75) is 44.2 Å². The zero-order chi connectivity index (χ0) is 24.1. The van der Waals surface area contributed by atoms with Crippen LogP contribution in [0.25, 0.3) is 10.9 Å². The van der Waals surface area contributed by atoms with Gasteiger partial charge in [0.25, 0.3) is 5.56 Å². The fourth-order valence-electron chi connectivity index (χ4n) is 3.98. The van der Waals surface area contributed by atoms with E-state index in [2.05, 4.69) is 9.97 Å². The number of nitrogens with one attached hydrogen (secondary N) is 1. The van der Waals surface area contributed by atoms with Crippen molar-refractivity contribution in [3.8, 4) is 11.5 Å². The Morgan fingerprint density at radius 1 is 1.12 bits per heavy atom. The number of sulfonamides is 1. The lowest BCUT2D eigenvalue weighted by molar-refractivity contribution is 0.0921. The first-order valence-corrected chi connectivity index (χ1v) is 12.9. The van der Waals surface area contributed by atoms with Crippen molar-refractivity contribution in [1.29, 1.82) is 0 Å². The van der Waals surface area contributed by atoms with Crippen molar-refractivity contribution in [2.75, 3.05) is 26.4 Å². The van der Waals surface area contributed by atoms with Crippen LogP contribution in [0.4, 0.5) is 0 Å². The molecule has 0 aliphatic carbocycles. The van der Waals surface area contributed by atoms with Crippen LogP contribution in [0.15, 0.2) is 52.2 Å². The second kappa shape index (κ2) is 10.5. The molecule has 1 N–H and O–H groups in total. The van der Waals surface area contributed by atoms with Crippen LogP contribution < -0.4 is 15.0 Å². The smallest absolute Gasteiger partial charge is 0.258 e. The van der Waals surface area contributed by atoms with Crippen molar-refractivity contribution in [3.63, 3.8) is 0 Å². The standard InChI is InChI=1S/C24H29N3O6S/c1-3-31-21-12-11-18(14-22(21)32-4-2)34(29,30)27(15-17-8-7-13-33-17)16-23-25-20-10-6-5-9-19(20)24(28)26-23/h5-6,9-12,14,17H,3-4,7-8,13,15-16H2,1-2H3,(H,25,26,28)/t17-/m1/s1. The van der Waals surface area contributed by atoms with Gasteiger partial charge in [-0.3, -0.25) is 4.79 Å². The van der Waals surface area contributed by atoms with Crippen LogP contribution in [0, 0.1) is 0 Å². The fourth-order valence-corrected chi connectivity index (χ4v) is 5.43. The molecule has 10 heteroatoms. The molecule has 34 heavy (non-hydrogen) atoms. The summed E-state index contributed by atoms with van der Waals surface area (Å²) >= 11 is 0. The largest absolute Gasteiger partial charge is 0.490 e. The van der Waals surface area contributed by atoms with E-state index in [1.54, 1.807) is 30.3 Å². The Kier molecular flexibility index (Phi) is 7.50. The quantitative estimate of drug-likeness (QED) is 0.468. The van der Waals surface area contributed by atoms with Gasteiger partial charge in [-0.2, -0.15) is 4.31 Å². The number of benzene rings is 2. The molecule has 9 nitrogen and oxygen atoms in total. The molecule has 1 atom stereocenters. The highest BCUT2D eigenvalue weighted by molar-refractivity contribution is 7.89. The number of hydrogen-bond donors (Lipinski definition) is 1. The molecule has 1 aliphatic heterocycles. The third-order valence-corrected chi connectivity index (χ3v) is 7.38. The van der Waals surface area contributed by atoms with Gasteiger partial charge in [0.1, 0.15) is 5.82 Å². The maximum Gasteiger partial charge on any atom is 0.258 e. The summed E-state index contributed by atoms with van der Waals surface area (Å²) in [6.45, 7) is 5.11. The first kappa shape index (κ1) is 24.2. The molecule has 0 saturated carbocycles. The number of fused-ring (bicyclic) bond motifs is 1. The second-order valence-electron chi connectivity index (χ2n) is 7.94. The van der Waals surface area contributed by atoms with E-state index in [0.29, 0.717) is 42.2 Å². The van der Waals surface area contributed by atoms with Gasteiger partial charge in [0.05, 0.1) is 41.7 Å². The highest BCUT2D eigenvalue weighted by Gasteiger charge is 2.31. The number of aromatic nitrogens is 2. The van der Waals surface area contributed by atoms with E-state index < -0.39 is 10.0 Å². The predicted octanol–water partition coefficient (Wildman–Crippen LogP) is 3.09. The zero-order valence-corrected chi connectivity index (χ0v) is 20.1. The molecule has 1 fully saturated rings. The summed E-state index contributed by atoms with van der Waals surface area (Å²) < 4.78 is 45.7. The summed E-state index contributed by atoms with van der Waals surface area (Å²) in [5.41, 5.74) is 0.199. The van der Waals surface area contributed by atoms with Crippen LogP contribution in [-0.4, -0.2) is 55.2 Å². The molecule has 0 bridgehead atoms. The molecule has 0 radical (unpaired) electrons. The maximum absolute atomic E-state index is 13.8. The number of hydrogen-bond acceptors (Lipinski definition) is 7. The summed E-state index contributed by atoms with van der Waals surface area (Å²) in [6, 6.07) is 11.5. The van der Waals surface area contributed by atoms with Crippen molar-refractivity contribution < 1.29 is 22.6 Å². The Morgan fingerprint density at radius 2 is 1.88 bits per heavy atom. The van der Waals surface area contributed by atoms with Crippen LogP contribution in [-0.2, 0) is 21.3 Å². The lowest BCUT2D eigenvalue weighted by Crippen LogP contribution is -2.37. The van der Waals surface area contributed by atoms with Gasteiger partial charge < -0.3 is 19.2 Å². The molecule has 0 spiro atoms. The van der Waals surface area contributed by atoms with E-state index in [-0.39, 0.29) is 35.5 Å². The Morgan fingerprint density at radius 3 is 2.62 bits per heavy atom. The van der Waals surface area contributed by atoms with Crippen molar-refractivity contribution in [1.82, 2.24) is 14.3 Å². The highest BCUT2D eigenvalue weighted by Crippen LogP contribution is 2.32. The summed E-state index contributed by atoms with van der Waals surface area (Å²) in [4.78, 5) is 19.8. The molecular weight excluding hydrogens is 458 g/mol. The predicted molar refractivity (Wildman–Crippen MR) is 128 cm³/mol. The van der Waals surface area contributed by atoms with Crippen LogP contribution >= 0.6 is 0 Å². The number of para-hydroxylation sites is 1. The summed E-state index contributed by atoms with van der Waals surface area (Å²) in [7, 11) is -3.97. The maximum atomic E-state index is 13.8. The van der Waals surface area contributed by atoms with Crippen LogP contribution in [0.2, 0.25) is 0 Å². The lowest BCUT2D eigenvalue weighted by Gasteiger charge is -2.25. The molecule has 1 aliphatic rings. The number of ether oxygens (including phenoxy) is 3. The Hall–Kier alpha value is -2.95. The first-order chi connectivity index (χ1) is 16.4. The van der Waals surface area contributed by atoms with Crippen molar-refractivity contribution >= 4 is 20.9 Å². The first-order valence-electron chi connectivity index (χ1n) is 11.4. The van der Waals surface area contributed by atoms with E-state index in [1.165, 1.54) is 16.4 Å². The number of rotatable bonds is 10. The molecule has 2 aromatic carbocycles. The Labute approximate surface area is 198 Å². The van der Waals surface area contributed by atoms with Crippen LogP contribution in [0.5, 0.6) is 11.5 Å². The molecule has 2 heterocycles. The zero-order valence-electron chi connectivity index (χ0n) is 19.3. The summed E-state index contributed by atoms with van der Waals surface area (Å²) in [5.74, 6) is 1.11. The number of aromatic amines is 1. The van der Waals surface area contributed by atoms with Crippen molar-refractivity contribution in [3.05, 3.63) is 58.6 Å². The van der Waals surface area contributed by atoms with Gasteiger partial charge >= 0.3 is 0 Å². The SMILES string of the molecule is CCOc1ccc(S(=O)(=O)N(Cc2nc3ccccc3c(=O)[nH]2)C[C@H]2CCCO2)cc1OCC. The molecule has 1 aromatic heterocycles. The third kappa shape index (κ3) is 5.24. The van der Waals surface area contributed by atoms with E-state index in [1.807, 2.05) is 13.8 Å². The average Bonchev–Trinajstić information content (AvgIpc) is 3.33. The summed E-state index contributed by atoms with van der Waals surface area (Å²) in [5, 5.41) is 0.452. The van der Waals surface area contributed by atoms with E-state index in [4.69, 9.17) is 14.2 Å². The Bertz CT molecular complexity index is 1300. The molecule has 0 unspecified atom stereocenters. The molecule has 0 amide bonds. The summed E-state index contributed by atoms with van der Waals surface area (Å²) in [6.07, 6.45) is 1.42. The average molecular weight is 488 g/mol. The molecule has 1 saturated heterocycles.